The minimum Gasteiger partial charge on any atom is -0.453 e. The van der Waals surface area contributed by atoms with Gasteiger partial charge < -0.3 is 14.6 Å². The van der Waals surface area contributed by atoms with Crippen molar-refractivity contribution >= 4 is 11.8 Å². The van der Waals surface area contributed by atoms with Gasteiger partial charge in [-0.15, -0.1) is 5.10 Å². The second-order valence-corrected chi connectivity index (χ2v) is 9.10. The molecule has 0 aliphatic carbocycles. The predicted octanol–water partition coefficient (Wildman–Crippen LogP) is 2.42. The lowest BCUT2D eigenvalue weighted by Gasteiger charge is -2.30. The summed E-state index contributed by atoms with van der Waals surface area (Å²) in [6.07, 6.45) is -0.208. The molecule has 1 unspecified atom stereocenters. The molecule has 0 saturated carbocycles. The largest absolute Gasteiger partial charge is 0.453 e. The molecule has 30 heavy (non-hydrogen) atoms. The predicted molar refractivity (Wildman–Crippen MR) is 116 cm³/mol. The molecule has 0 spiro atoms. The van der Waals surface area contributed by atoms with E-state index in [0.29, 0.717) is 18.1 Å². The highest BCUT2D eigenvalue weighted by atomic mass is 16.5. The number of rotatable bonds is 4. The molecule has 2 atom stereocenters. The Labute approximate surface area is 177 Å². The molecule has 1 aromatic carbocycles. The van der Waals surface area contributed by atoms with E-state index in [4.69, 9.17) is 9.72 Å². The van der Waals surface area contributed by atoms with E-state index in [-0.39, 0.29) is 23.6 Å². The van der Waals surface area contributed by atoms with E-state index in [2.05, 4.69) is 53.1 Å². The first-order valence-electron chi connectivity index (χ1n) is 10.4. The Morgan fingerprint density at radius 3 is 2.63 bits per heavy atom. The van der Waals surface area contributed by atoms with Crippen molar-refractivity contribution in [3.63, 3.8) is 0 Å². The highest BCUT2D eigenvalue weighted by Gasteiger charge is 2.37. The minimum absolute atomic E-state index is 0.206. The SMILES string of the molecule is CC1NN=C([C@@H](NC(=O)c2nc(-c3ccccc3)n3c2CN(C)CC3)C(C)(C)C)O1. The smallest absolute Gasteiger partial charge is 0.272 e. The number of carbonyl (C=O) groups excluding carboxylic acids is 1. The number of amides is 1. The molecule has 0 radical (unpaired) electrons. The zero-order valence-corrected chi connectivity index (χ0v) is 18.3. The maximum Gasteiger partial charge on any atom is 0.272 e. The number of likely N-dealkylation sites (N-methyl/N-ethyl adjacent to an activating group) is 1. The summed E-state index contributed by atoms with van der Waals surface area (Å²) in [6.45, 7) is 10.4. The van der Waals surface area contributed by atoms with Gasteiger partial charge in [0.05, 0.1) is 5.69 Å². The van der Waals surface area contributed by atoms with E-state index < -0.39 is 0 Å². The molecule has 1 amide bonds. The van der Waals surface area contributed by atoms with Gasteiger partial charge in [0.15, 0.2) is 11.9 Å². The summed E-state index contributed by atoms with van der Waals surface area (Å²) in [6, 6.07) is 9.65. The molecule has 1 aromatic heterocycles. The van der Waals surface area contributed by atoms with E-state index in [1.807, 2.05) is 37.3 Å². The summed E-state index contributed by atoms with van der Waals surface area (Å²) >= 11 is 0. The quantitative estimate of drug-likeness (QED) is 0.809. The summed E-state index contributed by atoms with van der Waals surface area (Å²) in [5.41, 5.74) is 5.04. The normalized spacial score (nSPS) is 20.0. The molecule has 2 aliphatic rings. The van der Waals surface area contributed by atoms with E-state index >= 15 is 0 Å². The van der Waals surface area contributed by atoms with Crippen LogP contribution in [0.15, 0.2) is 35.4 Å². The van der Waals surface area contributed by atoms with Gasteiger partial charge in [0.25, 0.3) is 5.91 Å². The molecule has 2 aromatic rings. The first-order chi connectivity index (χ1) is 14.2. The molecular formula is C22H30N6O2. The van der Waals surface area contributed by atoms with E-state index in [9.17, 15) is 4.79 Å². The van der Waals surface area contributed by atoms with Gasteiger partial charge in [0, 0.05) is 25.2 Å². The fourth-order valence-electron chi connectivity index (χ4n) is 3.85. The lowest BCUT2D eigenvalue weighted by atomic mass is 9.86. The van der Waals surface area contributed by atoms with Crippen LogP contribution in [0.5, 0.6) is 0 Å². The van der Waals surface area contributed by atoms with Crippen molar-refractivity contribution in [1.82, 2.24) is 25.2 Å². The number of fused-ring (bicyclic) bond motifs is 1. The number of nitrogens with one attached hydrogen (secondary N) is 2. The first kappa shape index (κ1) is 20.4. The third-order valence-corrected chi connectivity index (χ3v) is 5.49. The highest BCUT2D eigenvalue weighted by Crippen LogP contribution is 2.28. The third kappa shape index (κ3) is 3.92. The Kier molecular flexibility index (Phi) is 5.27. The highest BCUT2D eigenvalue weighted by molar-refractivity contribution is 5.98. The number of ether oxygens (including phenoxy) is 1. The minimum atomic E-state index is -0.374. The molecule has 8 heteroatoms. The lowest BCUT2D eigenvalue weighted by Crippen LogP contribution is -2.50. The van der Waals surface area contributed by atoms with Gasteiger partial charge in [-0.2, -0.15) is 0 Å². The van der Waals surface area contributed by atoms with Crippen LogP contribution in [-0.2, 0) is 17.8 Å². The second-order valence-electron chi connectivity index (χ2n) is 9.10. The maximum atomic E-state index is 13.4. The van der Waals surface area contributed by atoms with E-state index in [0.717, 1.165) is 30.2 Å². The fourth-order valence-corrected chi connectivity index (χ4v) is 3.85. The molecular weight excluding hydrogens is 380 g/mol. The van der Waals surface area contributed by atoms with Crippen LogP contribution in [-0.4, -0.2) is 52.1 Å². The van der Waals surface area contributed by atoms with Crippen molar-refractivity contribution in [2.45, 2.75) is 53.1 Å². The second kappa shape index (κ2) is 7.75. The van der Waals surface area contributed by atoms with Crippen LogP contribution < -0.4 is 10.7 Å². The van der Waals surface area contributed by atoms with Gasteiger partial charge in [0.2, 0.25) is 5.90 Å². The molecule has 160 valence electrons. The van der Waals surface area contributed by atoms with Crippen LogP contribution in [0.25, 0.3) is 11.4 Å². The van der Waals surface area contributed by atoms with Gasteiger partial charge >= 0.3 is 0 Å². The van der Waals surface area contributed by atoms with Crippen molar-refractivity contribution < 1.29 is 9.53 Å². The zero-order valence-electron chi connectivity index (χ0n) is 18.3. The van der Waals surface area contributed by atoms with Crippen molar-refractivity contribution in [3.8, 4) is 11.4 Å². The molecule has 2 aliphatic heterocycles. The number of benzene rings is 1. The monoisotopic (exact) mass is 410 g/mol. The molecule has 2 N–H and O–H groups in total. The topological polar surface area (TPSA) is 83.8 Å². The number of aromatic nitrogens is 2. The summed E-state index contributed by atoms with van der Waals surface area (Å²) in [5, 5.41) is 7.41. The third-order valence-electron chi connectivity index (χ3n) is 5.49. The van der Waals surface area contributed by atoms with Crippen LogP contribution in [0, 0.1) is 5.41 Å². The van der Waals surface area contributed by atoms with Crippen LogP contribution in [0.2, 0.25) is 0 Å². The van der Waals surface area contributed by atoms with Gasteiger partial charge in [-0.3, -0.25) is 15.1 Å². The van der Waals surface area contributed by atoms with Crippen molar-refractivity contribution in [1.29, 1.82) is 0 Å². The van der Waals surface area contributed by atoms with Crippen LogP contribution in [0.1, 0.15) is 43.9 Å². The van der Waals surface area contributed by atoms with Gasteiger partial charge in [0.1, 0.15) is 11.9 Å². The molecule has 0 saturated heterocycles. The van der Waals surface area contributed by atoms with E-state index in [1.54, 1.807) is 0 Å². The standard InChI is InChI=1S/C22H30N6O2/c1-14-25-26-21(30-14)18(22(2,3)4)24-20(29)17-16-13-27(5)11-12-28(16)19(23-17)15-9-7-6-8-10-15/h6-10,14,18,25H,11-13H2,1-5H3,(H,24,29)/t14?,18-/m1/s1. The fraction of sp³-hybridized carbons (Fsp3) is 0.500. The van der Waals surface area contributed by atoms with E-state index in [1.165, 1.54) is 0 Å². The molecule has 4 rings (SSSR count). The Morgan fingerprint density at radius 2 is 2.00 bits per heavy atom. The number of hydrogen-bond donors (Lipinski definition) is 2. The maximum absolute atomic E-state index is 13.4. The van der Waals surface area contributed by atoms with Crippen molar-refractivity contribution in [3.05, 3.63) is 41.7 Å². The Balaban J connectivity index is 1.69. The zero-order chi connectivity index (χ0) is 21.5. The number of hydrogen-bond acceptors (Lipinski definition) is 6. The lowest BCUT2D eigenvalue weighted by molar-refractivity contribution is 0.0903. The van der Waals surface area contributed by atoms with Crippen molar-refractivity contribution in [2.24, 2.45) is 10.5 Å². The summed E-state index contributed by atoms with van der Waals surface area (Å²) in [4.78, 5) is 20.4. The summed E-state index contributed by atoms with van der Waals surface area (Å²) in [7, 11) is 2.06. The van der Waals surface area contributed by atoms with Crippen LogP contribution in [0.4, 0.5) is 0 Å². The average Bonchev–Trinajstić information content (AvgIpc) is 3.29. The number of nitrogens with zero attached hydrogens (tertiary/aromatic N) is 4. The average molecular weight is 411 g/mol. The van der Waals surface area contributed by atoms with Crippen molar-refractivity contribution in [2.75, 3.05) is 13.6 Å². The number of imidazole rings is 1. The number of carbonyl (C=O) groups is 1. The number of hydrazone groups is 1. The molecule has 3 heterocycles. The molecule has 0 fully saturated rings. The Bertz CT molecular complexity index is 960. The Morgan fingerprint density at radius 1 is 1.27 bits per heavy atom. The summed E-state index contributed by atoms with van der Waals surface area (Å²) < 4.78 is 7.95. The summed E-state index contributed by atoms with van der Waals surface area (Å²) in [5.74, 6) is 1.12. The van der Waals surface area contributed by atoms with Gasteiger partial charge in [-0.1, -0.05) is 51.1 Å². The van der Waals surface area contributed by atoms with Gasteiger partial charge in [-0.05, 0) is 19.4 Å². The Hall–Kier alpha value is -2.87. The van der Waals surface area contributed by atoms with Crippen LogP contribution >= 0.6 is 0 Å². The molecule has 0 bridgehead atoms. The van der Waals surface area contributed by atoms with Gasteiger partial charge in [-0.25, -0.2) is 4.98 Å². The first-order valence-corrected chi connectivity index (χ1v) is 10.4. The van der Waals surface area contributed by atoms with Crippen LogP contribution in [0.3, 0.4) is 0 Å². The molecule has 8 nitrogen and oxygen atoms in total.